The van der Waals surface area contributed by atoms with Crippen LogP contribution < -0.4 is 20.9 Å². The molecule has 0 spiro atoms. The Labute approximate surface area is 165 Å². The molecular formula is C24H22N2O2. The van der Waals surface area contributed by atoms with Crippen molar-refractivity contribution < 1.29 is 9.47 Å². The fourth-order valence-electron chi connectivity index (χ4n) is 2.35. The van der Waals surface area contributed by atoms with Crippen molar-refractivity contribution in [3.05, 3.63) is 109 Å². The van der Waals surface area contributed by atoms with Gasteiger partial charge in [0.15, 0.2) is 0 Å². The van der Waals surface area contributed by atoms with Crippen LogP contribution in [0.1, 0.15) is 0 Å². The van der Waals surface area contributed by atoms with Crippen LogP contribution >= 0.6 is 0 Å². The number of hydrogen-bond acceptors (Lipinski definition) is 4. The fourth-order valence-corrected chi connectivity index (χ4v) is 2.35. The highest BCUT2D eigenvalue weighted by atomic mass is 16.5. The van der Waals surface area contributed by atoms with Gasteiger partial charge >= 0.3 is 0 Å². The molecule has 0 radical (unpaired) electrons. The Morgan fingerprint density at radius 2 is 0.821 bits per heavy atom. The zero-order chi connectivity index (χ0) is 19.6. The monoisotopic (exact) mass is 370 g/mol. The van der Waals surface area contributed by atoms with E-state index in [1.54, 1.807) is 18.2 Å². The maximum atomic E-state index is 5.73. The van der Waals surface area contributed by atoms with E-state index in [0.717, 1.165) is 17.2 Å². The molecule has 0 amide bonds. The summed E-state index contributed by atoms with van der Waals surface area (Å²) < 4.78 is 11.5. The highest BCUT2D eigenvalue weighted by Gasteiger charge is 2.00. The summed E-state index contributed by atoms with van der Waals surface area (Å²) in [6, 6.07) is 33.9. The molecule has 4 aromatic carbocycles. The Kier molecular flexibility index (Phi) is 6.53. The Morgan fingerprint density at radius 1 is 0.393 bits per heavy atom. The molecule has 0 fully saturated rings. The van der Waals surface area contributed by atoms with E-state index in [0.29, 0.717) is 17.1 Å². The lowest BCUT2D eigenvalue weighted by Gasteiger charge is -2.09. The molecule has 0 aromatic heterocycles. The van der Waals surface area contributed by atoms with E-state index < -0.39 is 0 Å². The van der Waals surface area contributed by atoms with Gasteiger partial charge in [-0.2, -0.15) is 0 Å². The van der Waals surface area contributed by atoms with Gasteiger partial charge in [0.05, 0.1) is 0 Å². The van der Waals surface area contributed by atoms with Crippen molar-refractivity contribution in [3.63, 3.8) is 0 Å². The molecule has 4 aromatic rings. The average Bonchev–Trinajstić information content (AvgIpc) is 2.73. The van der Waals surface area contributed by atoms with Gasteiger partial charge in [0, 0.05) is 17.4 Å². The minimum absolute atomic E-state index is 0.667. The highest BCUT2D eigenvalue weighted by molar-refractivity contribution is 5.46. The van der Waals surface area contributed by atoms with E-state index in [2.05, 4.69) is 0 Å². The molecule has 28 heavy (non-hydrogen) atoms. The Hall–Kier alpha value is -3.92. The fraction of sp³-hybridized carbons (Fsp3) is 0. The maximum absolute atomic E-state index is 5.73. The van der Waals surface area contributed by atoms with E-state index in [1.807, 2.05) is 91.0 Å². The summed E-state index contributed by atoms with van der Waals surface area (Å²) in [5, 5.41) is 0. The van der Waals surface area contributed by atoms with E-state index in [1.165, 1.54) is 0 Å². The van der Waals surface area contributed by atoms with Gasteiger partial charge in [-0.1, -0.05) is 42.5 Å². The number of ether oxygens (including phenoxy) is 2. The molecule has 0 saturated heterocycles. The summed E-state index contributed by atoms with van der Waals surface area (Å²) in [5.41, 5.74) is 12.7. The predicted octanol–water partition coefficient (Wildman–Crippen LogP) is 6.12. The molecule has 0 aliphatic carbocycles. The van der Waals surface area contributed by atoms with Gasteiger partial charge in [0.2, 0.25) is 0 Å². The summed E-state index contributed by atoms with van der Waals surface area (Å²) in [6.45, 7) is 0. The van der Waals surface area contributed by atoms with Crippen LogP contribution in [-0.4, -0.2) is 0 Å². The molecule has 4 nitrogen and oxygen atoms in total. The van der Waals surface area contributed by atoms with Crippen LogP contribution in [0, 0.1) is 0 Å². The smallest absolute Gasteiger partial charge is 0.129 e. The molecule has 4 N–H and O–H groups in total. The standard InChI is InChI=1S/C18H16N2O2.C6H6/c19-13-4-6-15(7-5-13)21-16-8-10-17(11-9-16)22-18-3-1-2-14(20)12-18;1-2-4-6-5-3-1/h1-12H,19-20H2;1-6H. The van der Waals surface area contributed by atoms with Crippen molar-refractivity contribution in [3.8, 4) is 23.0 Å². The lowest BCUT2D eigenvalue weighted by molar-refractivity contribution is 0.469. The molecule has 0 aliphatic rings. The molecule has 4 rings (SSSR count). The number of anilines is 2. The Morgan fingerprint density at radius 3 is 1.29 bits per heavy atom. The Bertz CT molecular complexity index is 943. The molecule has 140 valence electrons. The number of nitrogens with two attached hydrogens (primary N) is 2. The minimum atomic E-state index is 0.667. The van der Waals surface area contributed by atoms with Gasteiger partial charge in [0.1, 0.15) is 23.0 Å². The van der Waals surface area contributed by atoms with Gasteiger partial charge in [0.25, 0.3) is 0 Å². The number of benzene rings is 4. The summed E-state index contributed by atoms with van der Waals surface area (Å²) in [6.07, 6.45) is 0. The van der Waals surface area contributed by atoms with Gasteiger partial charge in [-0.25, -0.2) is 0 Å². The maximum Gasteiger partial charge on any atom is 0.129 e. The third kappa shape index (κ3) is 6.11. The molecule has 0 heterocycles. The Balaban J connectivity index is 0.000000320. The van der Waals surface area contributed by atoms with Crippen LogP contribution in [0.2, 0.25) is 0 Å². The van der Waals surface area contributed by atoms with Crippen molar-refractivity contribution >= 4 is 11.4 Å². The first-order valence-electron chi connectivity index (χ1n) is 8.86. The largest absolute Gasteiger partial charge is 0.457 e. The third-order valence-electron chi connectivity index (χ3n) is 3.70. The van der Waals surface area contributed by atoms with Crippen molar-refractivity contribution in [1.29, 1.82) is 0 Å². The van der Waals surface area contributed by atoms with Crippen LogP contribution in [0.3, 0.4) is 0 Å². The molecule has 0 bridgehead atoms. The van der Waals surface area contributed by atoms with E-state index >= 15 is 0 Å². The SMILES string of the molecule is Nc1ccc(Oc2ccc(Oc3cccc(N)c3)cc2)cc1.c1ccccc1. The number of rotatable bonds is 4. The molecule has 0 saturated carbocycles. The van der Waals surface area contributed by atoms with Gasteiger partial charge < -0.3 is 20.9 Å². The van der Waals surface area contributed by atoms with Gasteiger partial charge in [-0.05, 0) is 60.7 Å². The van der Waals surface area contributed by atoms with Crippen molar-refractivity contribution in [2.45, 2.75) is 0 Å². The van der Waals surface area contributed by atoms with E-state index in [-0.39, 0.29) is 0 Å². The quantitative estimate of drug-likeness (QED) is 0.424. The lowest BCUT2D eigenvalue weighted by Crippen LogP contribution is -1.89. The van der Waals surface area contributed by atoms with Crippen molar-refractivity contribution in [1.82, 2.24) is 0 Å². The molecule has 4 heteroatoms. The minimum Gasteiger partial charge on any atom is -0.457 e. The normalized spacial score (nSPS) is 9.71. The first-order chi connectivity index (χ1) is 13.7. The second-order valence-electron chi connectivity index (χ2n) is 5.97. The third-order valence-corrected chi connectivity index (χ3v) is 3.70. The van der Waals surface area contributed by atoms with Gasteiger partial charge in [-0.15, -0.1) is 0 Å². The second-order valence-corrected chi connectivity index (χ2v) is 5.97. The molecule has 0 aliphatic heterocycles. The summed E-state index contributed by atoms with van der Waals surface area (Å²) in [4.78, 5) is 0. The first kappa shape index (κ1) is 18.9. The summed E-state index contributed by atoms with van der Waals surface area (Å²) in [7, 11) is 0. The van der Waals surface area contributed by atoms with Gasteiger partial charge in [-0.3, -0.25) is 0 Å². The van der Waals surface area contributed by atoms with E-state index in [9.17, 15) is 0 Å². The zero-order valence-electron chi connectivity index (χ0n) is 15.4. The summed E-state index contributed by atoms with van der Waals surface area (Å²) >= 11 is 0. The van der Waals surface area contributed by atoms with Crippen LogP contribution in [-0.2, 0) is 0 Å². The van der Waals surface area contributed by atoms with Crippen molar-refractivity contribution in [2.24, 2.45) is 0 Å². The van der Waals surface area contributed by atoms with Crippen LogP contribution in [0.15, 0.2) is 109 Å². The lowest BCUT2D eigenvalue weighted by atomic mass is 10.3. The van der Waals surface area contributed by atoms with E-state index in [4.69, 9.17) is 20.9 Å². The second kappa shape index (κ2) is 9.69. The highest BCUT2D eigenvalue weighted by Crippen LogP contribution is 2.27. The van der Waals surface area contributed by atoms with Crippen molar-refractivity contribution in [2.75, 3.05) is 11.5 Å². The molecular weight excluding hydrogens is 348 g/mol. The first-order valence-corrected chi connectivity index (χ1v) is 8.86. The molecule has 0 unspecified atom stereocenters. The van der Waals surface area contributed by atoms with Crippen LogP contribution in [0.5, 0.6) is 23.0 Å². The number of nitrogen functional groups attached to an aromatic ring is 2. The number of hydrogen-bond donors (Lipinski definition) is 2. The topological polar surface area (TPSA) is 70.5 Å². The predicted molar refractivity (Wildman–Crippen MR) is 115 cm³/mol. The molecule has 0 atom stereocenters. The van der Waals surface area contributed by atoms with Crippen LogP contribution in [0.4, 0.5) is 11.4 Å². The zero-order valence-corrected chi connectivity index (χ0v) is 15.4. The summed E-state index contributed by atoms with van der Waals surface area (Å²) in [5.74, 6) is 2.88. The van der Waals surface area contributed by atoms with Crippen LogP contribution in [0.25, 0.3) is 0 Å². The average molecular weight is 370 g/mol.